The van der Waals surface area contributed by atoms with Crippen LogP contribution in [0.5, 0.6) is 5.75 Å². The Labute approximate surface area is 231 Å². The van der Waals surface area contributed by atoms with E-state index in [9.17, 15) is 4.79 Å². The van der Waals surface area contributed by atoms with E-state index in [2.05, 4.69) is 38.6 Å². The zero-order valence-corrected chi connectivity index (χ0v) is 22.4. The summed E-state index contributed by atoms with van der Waals surface area (Å²) >= 11 is 11.0. The van der Waals surface area contributed by atoms with E-state index < -0.39 is 5.97 Å². The minimum atomic E-state index is -0.418. The lowest BCUT2D eigenvalue weighted by Crippen LogP contribution is -2.08. The molecule has 5 nitrogen and oxygen atoms in total. The first-order valence-corrected chi connectivity index (χ1v) is 13.2. The maximum Gasteiger partial charge on any atom is 0.343 e. The second kappa shape index (κ2) is 11.5. The van der Waals surface area contributed by atoms with Crippen molar-refractivity contribution in [1.82, 2.24) is 4.98 Å². The van der Waals surface area contributed by atoms with E-state index in [-0.39, 0.29) is 0 Å². The fourth-order valence-corrected chi connectivity index (χ4v) is 4.99. The molecule has 182 valence electrons. The van der Waals surface area contributed by atoms with Gasteiger partial charge in [0.1, 0.15) is 5.75 Å². The Bertz CT molecular complexity index is 1550. The van der Waals surface area contributed by atoms with E-state index in [0.29, 0.717) is 21.5 Å². The van der Waals surface area contributed by atoms with Gasteiger partial charge in [-0.25, -0.2) is 9.78 Å². The molecule has 1 aromatic heterocycles. The number of carbonyl (C=O) groups is 1. The Hall–Kier alpha value is -3.78. The van der Waals surface area contributed by atoms with Crippen molar-refractivity contribution in [3.05, 3.63) is 124 Å². The maximum atomic E-state index is 12.3. The van der Waals surface area contributed by atoms with E-state index in [1.165, 1.54) is 11.3 Å². The van der Waals surface area contributed by atoms with Gasteiger partial charge in [-0.1, -0.05) is 87.4 Å². The van der Waals surface area contributed by atoms with Crippen LogP contribution in [0, 0.1) is 0 Å². The summed E-state index contributed by atoms with van der Waals surface area (Å²) < 4.78 is 6.27. The minimum Gasteiger partial charge on any atom is -0.423 e. The van der Waals surface area contributed by atoms with Gasteiger partial charge in [0.05, 0.1) is 22.3 Å². The van der Waals surface area contributed by atoms with Gasteiger partial charge in [0.15, 0.2) is 0 Å². The molecule has 1 N–H and O–H groups in total. The van der Waals surface area contributed by atoms with Crippen molar-refractivity contribution in [3.63, 3.8) is 0 Å². The number of anilines is 1. The van der Waals surface area contributed by atoms with Crippen LogP contribution in [0.2, 0.25) is 5.02 Å². The molecule has 0 atom stereocenters. The molecule has 0 saturated heterocycles. The van der Waals surface area contributed by atoms with Crippen molar-refractivity contribution in [2.24, 2.45) is 5.10 Å². The Morgan fingerprint density at radius 3 is 2.41 bits per heavy atom. The highest BCUT2D eigenvalue weighted by molar-refractivity contribution is 9.10. The predicted molar refractivity (Wildman–Crippen MR) is 155 cm³/mol. The summed E-state index contributed by atoms with van der Waals surface area (Å²) in [6, 6.07) is 31.9. The molecule has 0 bridgehead atoms. The van der Waals surface area contributed by atoms with E-state index >= 15 is 0 Å². The average molecular weight is 589 g/mol. The highest BCUT2D eigenvalue weighted by Crippen LogP contribution is 2.39. The smallest absolute Gasteiger partial charge is 0.343 e. The zero-order chi connectivity index (χ0) is 25.6. The van der Waals surface area contributed by atoms with Gasteiger partial charge in [-0.15, -0.1) is 0 Å². The van der Waals surface area contributed by atoms with Gasteiger partial charge in [0.2, 0.25) is 5.13 Å². The first-order valence-electron chi connectivity index (χ1n) is 11.2. The van der Waals surface area contributed by atoms with Crippen molar-refractivity contribution in [2.45, 2.75) is 0 Å². The first kappa shape index (κ1) is 24.9. The molecule has 4 aromatic carbocycles. The summed E-state index contributed by atoms with van der Waals surface area (Å²) in [7, 11) is 0. The third-order valence-corrected chi connectivity index (χ3v) is 7.06. The van der Waals surface area contributed by atoms with E-state index in [0.717, 1.165) is 31.7 Å². The van der Waals surface area contributed by atoms with Crippen LogP contribution in [0.3, 0.4) is 0 Å². The molecule has 0 spiro atoms. The highest BCUT2D eigenvalue weighted by atomic mass is 79.9. The van der Waals surface area contributed by atoms with E-state index in [1.54, 1.807) is 36.5 Å². The molecule has 0 aliphatic carbocycles. The molecular formula is C29H19BrClN3O2S. The van der Waals surface area contributed by atoms with Crippen LogP contribution in [0.1, 0.15) is 15.9 Å². The lowest BCUT2D eigenvalue weighted by molar-refractivity contribution is 0.0734. The van der Waals surface area contributed by atoms with Crippen molar-refractivity contribution in [3.8, 4) is 27.4 Å². The predicted octanol–water partition coefficient (Wildman–Crippen LogP) is 8.56. The topological polar surface area (TPSA) is 63.6 Å². The number of nitrogens with one attached hydrogen (secondary N) is 1. The average Bonchev–Trinajstić information content (AvgIpc) is 3.35. The number of thiazole rings is 1. The van der Waals surface area contributed by atoms with E-state index in [1.807, 2.05) is 60.7 Å². The summed E-state index contributed by atoms with van der Waals surface area (Å²) in [5.74, 6) is 0.0361. The molecular weight excluding hydrogens is 570 g/mol. The van der Waals surface area contributed by atoms with E-state index in [4.69, 9.17) is 21.3 Å². The number of halogens is 2. The third kappa shape index (κ3) is 6.32. The standard InChI is InChI=1S/C29H19BrClN3O2S/c30-23-8-4-7-22(17-23)28(35)36-25-15-9-19(10-16-25)18-32-34-29-33-26(20-11-13-24(31)14-12-20)27(37-29)21-5-2-1-3-6-21/h1-18H,(H,33,34)/b32-18-. The van der Waals surface area contributed by atoms with Crippen LogP contribution in [0.15, 0.2) is 113 Å². The van der Waals surface area contributed by atoms with Gasteiger partial charge >= 0.3 is 5.97 Å². The van der Waals surface area contributed by atoms with Crippen molar-refractivity contribution < 1.29 is 9.53 Å². The molecule has 5 aromatic rings. The van der Waals surface area contributed by atoms with Gasteiger partial charge in [-0.2, -0.15) is 5.10 Å². The second-order valence-electron chi connectivity index (χ2n) is 7.91. The Morgan fingerprint density at radius 1 is 0.919 bits per heavy atom. The molecule has 8 heteroatoms. The third-order valence-electron chi connectivity index (χ3n) is 5.31. The van der Waals surface area contributed by atoms with Gasteiger partial charge < -0.3 is 4.74 Å². The summed E-state index contributed by atoms with van der Waals surface area (Å²) in [4.78, 5) is 18.2. The molecule has 0 unspecified atom stereocenters. The summed E-state index contributed by atoms with van der Waals surface area (Å²) in [6.07, 6.45) is 1.69. The molecule has 0 fully saturated rings. The fourth-order valence-electron chi connectivity index (χ4n) is 3.52. The lowest BCUT2D eigenvalue weighted by Gasteiger charge is -2.05. The number of hydrogen-bond donors (Lipinski definition) is 1. The van der Waals surface area contributed by atoms with Crippen LogP contribution in [-0.2, 0) is 0 Å². The number of nitrogens with zero attached hydrogens (tertiary/aromatic N) is 2. The molecule has 5 rings (SSSR count). The largest absolute Gasteiger partial charge is 0.423 e. The number of ether oxygens (including phenoxy) is 1. The molecule has 0 aliphatic rings. The van der Waals surface area contributed by atoms with Gasteiger partial charge in [0.25, 0.3) is 0 Å². The second-order valence-corrected chi connectivity index (χ2v) is 10.3. The maximum absolute atomic E-state index is 12.3. The van der Waals surface area contributed by atoms with Gasteiger partial charge in [0, 0.05) is 15.1 Å². The van der Waals surface area contributed by atoms with Crippen LogP contribution in [0.4, 0.5) is 5.13 Å². The normalized spacial score (nSPS) is 11.0. The number of carbonyl (C=O) groups excluding carboxylic acids is 1. The van der Waals surface area contributed by atoms with Gasteiger partial charge in [-0.3, -0.25) is 5.43 Å². The summed E-state index contributed by atoms with van der Waals surface area (Å²) in [5.41, 5.74) is 7.27. The number of rotatable bonds is 7. The zero-order valence-electron chi connectivity index (χ0n) is 19.3. The van der Waals surface area contributed by atoms with Crippen LogP contribution < -0.4 is 10.2 Å². The number of hydrogen-bond acceptors (Lipinski definition) is 6. The van der Waals surface area contributed by atoms with Crippen LogP contribution in [-0.4, -0.2) is 17.2 Å². The summed E-state index contributed by atoms with van der Waals surface area (Å²) in [5, 5.41) is 5.70. The first-order chi connectivity index (χ1) is 18.0. The van der Waals surface area contributed by atoms with Crippen LogP contribution in [0.25, 0.3) is 21.7 Å². The Morgan fingerprint density at radius 2 is 1.68 bits per heavy atom. The minimum absolute atomic E-state index is 0.418. The number of esters is 1. The molecule has 37 heavy (non-hydrogen) atoms. The number of hydrazone groups is 1. The Kier molecular flexibility index (Phi) is 7.75. The quantitative estimate of drug-likeness (QED) is 0.0895. The van der Waals surface area contributed by atoms with Crippen LogP contribution >= 0.6 is 38.9 Å². The monoisotopic (exact) mass is 587 g/mol. The van der Waals surface area contributed by atoms with Crippen molar-refractivity contribution in [1.29, 1.82) is 0 Å². The molecule has 1 heterocycles. The molecule has 0 aliphatic heterocycles. The van der Waals surface area contributed by atoms with Crippen molar-refractivity contribution in [2.75, 3.05) is 5.43 Å². The lowest BCUT2D eigenvalue weighted by atomic mass is 10.1. The number of benzene rings is 4. The van der Waals surface area contributed by atoms with Gasteiger partial charge in [-0.05, 0) is 65.7 Å². The molecule has 0 radical (unpaired) electrons. The fraction of sp³-hybridized carbons (Fsp3) is 0. The van der Waals surface area contributed by atoms with Crippen molar-refractivity contribution >= 4 is 56.2 Å². The summed E-state index contributed by atoms with van der Waals surface area (Å²) in [6.45, 7) is 0. The molecule has 0 amide bonds. The SMILES string of the molecule is O=C(Oc1ccc(/C=N\Nc2nc(-c3ccc(Cl)cc3)c(-c3ccccc3)s2)cc1)c1cccc(Br)c1. The highest BCUT2D eigenvalue weighted by Gasteiger charge is 2.15. The number of aromatic nitrogens is 1. The Balaban J connectivity index is 1.29. The molecule has 0 saturated carbocycles.